The Morgan fingerprint density at radius 3 is 2.71 bits per heavy atom. The van der Waals surface area contributed by atoms with E-state index in [0.29, 0.717) is 38.9 Å². The molecule has 4 N–H and O–H groups in total. The summed E-state index contributed by atoms with van der Waals surface area (Å²) in [4.78, 5) is 29.0. The number of carbonyl (C=O) groups excluding carboxylic acids is 2. The molecule has 1 fully saturated rings. The maximum Gasteiger partial charge on any atom is 0.245 e. The van der Waals surface area contributed by atoms with Crippen molar-refractivity contribution in [3.63, 3.8) is 0 Å². The van der Waals surface area contributed by atoms with Crippen LogP contribution in [0.1, 0.15) is 24.0 Å². The Morgan fingerprint density at radius 1 is 1.12 bits per heavy atom. The van der Waals surface area contributed by atoms with Crippen molar-refractivity contribution >= 4 is 40.6 Å². The van der Waals surface area contributed by atoms with Crippen LogP contribution in [0.2, 0.25) is 0 Å². The Balaban J connectivity index is 1.31. The molecule has 6 nitrogen and oxygen atoms in total. The van der Waals surface area contributed by atoms with E-state index < -0.39 is 5.54 Å². The number of aromatic nitrogens is 1. The summed E-state index contributed by atoms with van der Waals surface area (Å²) in [6, 6.07) is 14.5. The van der Waals surface area contributed by atoms with Crippen LogP contribution in [0.3, 0.4) is 0 Å². The molecular formula is C26H29FN4O2S. The predicted molar refractivity (Wildman–Crippen MR) is 136 cm³/mol. The zero-order valence-electron chi connectivity index (χ0n) is 18.9. The highest BCUT2D eigenvalue weighted by Gasteiger charge is 2.40. The molecule has 1 aliphatic rings. The van der Waals surface area contributed by atoms with Gasteiger partial charge in [0.15, 0.2) is 0 Å². The molecular weight excluding hydrogens is 451 g/mol. The largest absolute Gasteiger partial charge is 0.361 e. The van der Waals surface area contributed by atoms with E-state index in [1.54, 1.807) is 6.07 Å². The first-order valence-electron chi connectivity index (χ1n) is 11.4. The Hall–Kier alpha value is -3.10. The molecule has 0 aliphatic carbocycles. The van der Waals surface area contributed by atoms with Gasteiger partial charge in [0.05, 0.1) is 5.75 Å². The van der Waals surface area contributed by atoms with Gasteiger partial charge in [-0.3, -0.25) is 9.59 Å². The van der Waals surface area contributed by atoms with Crippen LogP contribution >= 0.6 is 11.8 Å². The SMILES string of the molecule is O=C(CS/C=C/c1ccccc1)NC1(C(=O)NCCc2c[nH]c3ccc(F)cc23)CCNCC1. The number of carbonyl (C=O) groups is 2. The molecule has 3 aromatic rings. The summed E-state index contributed by atoms with van der Waals surface area (Å²) in [5.41, 5.74) is 1.96. The number of hydrogen-bond donors (Lipinski definition) is 4. The smallest absolute Gasteiger partial charge is 0.245 e. The number of H-pyrrole nitrogens is 1. The Morgan fingerprint density at radius 2 is 1.91 bits per heavy atom. The second-order valence-corrected chi connectivity index (χ2v) is 9.31. The Bertz CT molecular complexity index is 1160. The normalized spacial score (nSPS) is 15.4. The molecule has 0 saturated carbocycles. The lowest BCUT2D eigenvalue weighted by molar-refractivity contribution is -0.133. The van der Waals surface area contributed by atoms with Crippen LogP contribution in [0.5, 0.6) is 0 Å². The quantitative estimate of drug-likeness (QED) is 0.377. The van der Waals surface area contributed by atoms with E-state index in [4.69, 9.17) is 0 Å². The van der Waals surface area contributed by atoms with E-state index in [0.717, 1.165) is 22.0 Å². The van der Waals surface area contributed by atoms with Crippen LogP contribution < -0.4 is 16.0 Å². The zero-order chi connectivity index (χ0) is 23.8. The van der Waals surface area contributed by atoms with E-state index in [1.807, 2.05) is 48.0 Å². The lowest BCUT2D eigenvalue weighted by atomic mass is 9.87. The van der Waals surface area contributed by atoms with Crippen molar-refractivity contribution in [2.24, 2.45) is 0 Å². The van der Waals surface area contributed by atoms with E-state index >= 15 is 0 Å². The maximum absolute atomic E-state index is 13.6. The molecule has 0 spiro atoms. The molecule has 2 heterocycles. The van der Waals surface area contributed by atoms with E-state index in [-0.39, 0.29) is 23.4 Å². The summed E-state index contributed by atoms with van der Waals surface area (Å²) < 4.78 is 13.6. The van der Waals surface area contributed by atoms with Gasteiger partial charge < -0.3 is 20.9 Å². The standard InChI is InChI=1S/C26H29FN4O2S/c27-21-6-7-23-22(16-21)20(17-30-23)8-12-29-25(33)26(10-13-28-14-11-26)31-24(32)18-34-15-9-19-4-2-1-3-5-19/h1-7,9,15-17,28,30H,8,10-14,18H2,(H,29,33)(H,31,32)/b15-9+. The average molecular weight is 481 g/mol. The van der Waals surface area contributed by atoms with Gasteiger partial charge in [0.25, 0.3) is 0 Å². The fourth-order valence-electron chi connectivity index (χ4n) is 4.22. The second-order valence-electron chi connectivity index (χ2n) is 8.41. The van der Waals surface area contributed by atoms with Gasteiger partial charge in [0.2, 0.25) is 11.8 Å². The summed E-state index contributed by atoms with van der Waals surface area (Å²) in [5.74, 6) is -0.373. The van der Waals surface area contributed by atoms with Gasteiger partial charge in [-0.05, 0) is 73.2 Å². The van der Waals surface area contributed by atoms with E-state index in [9.17, 15) is 14.0 Å². The topological polar surface area (TPSA) is 86.0 Å². The predicted octanol–water partition coefficient (Wildman–Crippen LogP) is 3.61. The Labute approximate surface area is 202 Å². The van der Waals surface area contributed by atoms with Crippen molar-refractivity contribution < 1.29 is 14.0 Å². The van der Waals surface area contributed by atoms with E-state index in [2.05, 4.69) is 20.9 Å². The summed E-state index contributed by atoms with van der Waals surface area (Å²) >= 11 is 1.40. The van der Waals surface area contributed by atoms with Gasteiger partial charge in [0, 0.05) is 23.6 Å². The molecule has 34 heavy (non-hydrogen) atoms. The lowest BCUT2D eigenvalue weighted by Gasteiger charge is -2.37. The number of thioether (sulfide) groups is 1. The molecule has 1 aromatic heterocycles. The van der Waals surface area contributed by atoms with Crippen LogP contribution in [0.4, 0.5) is 4.39 Å². The maximum atomic E-state index is 13.6. The van der Waals surface area contributed by atoms with Crippen molar-refractivity contribution in [2.45, 2.75) is 24.8 Å². The van der Waals surface area contributed by atoms with Gasteiger partial charge >= 0.3 is 0 Å². The Kier molecular flexibility index (Phi) is 8.03. The van der Waals surface area contributed by atoms with Gasteiger partial charge in [-0.2, -0.15) is 0 Å². The van der Waals surface area contributed by atoms with Crippen LogP contribution in [-0.2, 0) is 16.0 Å². The minimum Gasteiger partial charge on any atom is -0.361 e. The molecule has 8 heteroatoms. The molecule has 2 aromatic carbocycles. The van der Waals surface area contributed by atoms with Crippen molar-refractivity contribution in [2.75, 3.05) is 25.4 Å². The molecule has 178 valence electrons. The van der Waals surface area contributed by atoms with Gasteiger partial charge in [-0.15, -0.1) is 11.8 Å². The number of benzene rings is 2. The molecule has 1 aliphatic heterocycles. The molecule has 2 amide bonds. The summed E-state index contributed by atoms with van der Waals surface area (Å²) in [5, 5.41) is 12.0. The molecule has 4 rings (SSSR count). The molecule has 0 bridgehead atoms. The van der Waals surface area contributed by atoms with Crippen molar-refractivity contribution in [1.82, 2.24) is 20.9 Å². The van der Waals surface area contributed by atoms with Gasteiger partial charge in [0.1, 0.15) is 11.4 Å². The third-order valence-corrected chi connectivity index (χ3v) is 6.81. The number of amides is 2. The van der Waals surface area contributed by atoms with Crippen molar-refractivity contribution in [3.05, 3.63) is 77.1 Å². The summed E-state index contributed by atoms with van der Waals surface area (Å²) in [6.45, 7) is 1.73. The van der Waals surface area contributed by atoms with Gasteiger partial charge in [-0.25, -0.2) is 4.39 Å². The van der Waals surface area contributed by atoms with Crippen LogP contribution in [0, 0.1) is 5.82 Å². The highest BCUT2D eigenvalue weighted by atomic mass is 32.2. The molecule has 0 unspecified atom stereocenters. The number of piperidine rings is 1. The first-order valence-corrected chi connectivity index (χ1v) is 12.5. The lowest BCUT2D eigenvalue weighted by Crippen LogP contribution is -2.63. The highest BCUT2D eigenvalue weighted by Crippen LogP contribution is 2.21. The number of nitrogens with one attached hydrogen (secondary N) is 4. The zero-order valence-corrected chi connectivity index (χ0v) is 19.7. The molecule has 0 radical (unpaired) electrons. The number of halogens is 1. The third kappa shape index (κ3) is 6.07. The highest BCUT2D eigenvalue weighted by molar-refractivity contribution is 8.02. The minimum atomic E-state index is -0.918. The summed E-state index contributed by atoms with van der Waals surface area (Å²) in [7, 11) is 0. The van der Waals surface area contributed by atoms with Gasteiger partial charge in [-0.1, -0.05) is 30.3 Å². The number of fused-ring (bicyclic) bond motifs is 1. The number of aromatic amines is 1. The molecule has 1 saturated heterocycles. The number of rotatable bonds is 9. The fourth-order valence-corrected chi connectivity index (χ4v) is 4.79. The van der Waals surface area contributed by atoms with Crippen LogP contribution in [0.15, 0.2) is 60.1 Å². The van der Waals surface area contributed by atoms with Crippen LogP contribution in [0.25, 0.3) is 17.0 Å². The average Bonchev–Trinajstić information content (AvgIpc) is 3.25. The monoisotopic (exact) mass is 480 g/mol. The van der Waals surface area contributed by atoms with Crippen molar-refractivity contribution in [3.8, 4) is 0 Å². The van der Waals surface area contributed by atoms with E-state index in [1.165, 1.54) is 23.9 Å². The minimum absolute atomic E-state index is 0.160. The second kappa shape index (κ2) is 11.4. The first-order chi connectivity index (χ1) is 16.6. The third-order valence-electron chi connectivity index (χ3n) is 6.05. The van der Waals surface area contributed by atoms with Crippen molar-refractivity contribution in [1.29, 1.82) is 0 Å². The van der Waals surface area contributed by atoms with Crippen LogP contribution in [-0.4, -0.2) is 47.7 Å². The summed E-state index contributed by atoms with van der Waals surface area (Å²) in [6.07, 6.45) is 5.44. The first kappa shape index (κ1) is 24.0. The number of hydrogen-bond acceptors (Lipinski definition) is 4. The molecule has 0 atom stereocenters. The fraction of sp³-hybridized carbons (Fsp3) is 0.308.